The molecule has 8 heteroatoms. The van der Waals surface area contributed by atoms with E-state index in [1.54, 1.807) is 37.3 Å². The normalized spacial score (nSPS) is 10.7. The lowest BCUT2D eigenvalue weighted by atomic mass is 10.3. The van der Waals surface area contributed by atoms with Crippen LogP contribution in [0, 0.1) is 0 Å². The van der Waals surface area contributed by atoms with Crippen molar-refractivity contribution in [2.24, 2.45) is 0 Å². The maximum Gasteiger partial charge on any atom is 0.238 e. The fourth-order valence-corrected chi connectivity index (χ4v) is 2.17. The summed E-state index contributed by atoms with van der Waals surface area (Å²) in [6.45, 7) is 1.34. The number of likely N-dealkylation sites (N-methyl/N-ethyl adjacent to an activating group) is 1. The molecule has 0 aromatic heterocycles. The summed E-state index contributed by atoms with van der Waals surface area (Å²) in [5.41, 5.74) is 0.446. The minimum Gasteiger partial charge on any atom is -0.385 e. The number of hydrogen-bond donors (Lipinski definition) is 2. The summed E-state index contributed by atoms with van der Waals surface area (Å²) in [7, 11) is 3.30. The molecule has 0 aliphatic rings. The van der Waals surface area contributed by atoms with E-state index in [2.05, 4.69) is 10.6 Å². The van der Waals surface area contributed by atoms with Crippen LogP contribution in [0.4, 0.5) is 5.69 Å². The number of amides is 2. The first-order valence-electron chi connectivity index (χ1n) is 7.11. The molecule has 0 aliphatic carbocycles. The Morgan fingerprint density at radius 3 is 2.61 bits per heavy atom. The third kappa shape index (κ3) is 8.18. The molecule has 0 heterocycles. The highest BCUT2D eigenvalue weighted by atomic mass is 35.5. The van der Waals surface area contributed by atoms with Crippen molar-refractivity contribution in [3.63, 3.8) is 0 Å². The molecular formula is C15H21Cl2N3O3. The lowest BCUT2D eigenvalue weighted by molar-refractivity contribution is -0.123. The van der Waals surface area contributed by atoms with E-state index in [4.69, 9.17) is 27.9 Å². The van der Waals surface area contributed by atoms with Crippen LogP contribution in [0.2, 0.25) is 10.0 Å². The summed E-state index contributed by atoms with van der Waals surface area (Å²) in [5.74, 6) is -0.416. The molecule has 1 aromatic rings. The Balaban J connectivity index is 2.35. The molecule has 1 rings (SSSR count). The smallest absolute Gasteiger partial charge is 0.238 e. The zero-order chi connectivity index (χ0) is 17.2. The topological polar surface area (TPSA) is 70.7 Å². The van der Waals surface area contributed by atoms with Crippen LogP contribution in [0.1, 0.15) is 6.42 Å². The molecule has 0 bridgehead atoms. The number of benzene rings is 1. The Morgan fingerprint density at radius 1 is 1.22 bits per heavy atom. The fourth-order valence-electron chi connectivity index (χ4n) is 1.83. The van der Waals surface area contributed by atoms with Crippen LogP contribution in [0.5, 0.6) is 0 Å². The van der Waals surface area contributed by atoms with Crippen LogP contribution in [-0.2, 0) is 14.3 Å². The predicted octanol–water partition coefficient (Wildman–Crippen LogP) is 2.02. The van der Waals surface area contributed by atoms with E-state index in [0.717, 1.165) is 6.42 Å². The number of halogens is 2. The number of carbonyl (C=O) groups excluding carboxylic acids is 2. The molecule has 2 N–H and O–H groups in total. The number of nitrogens with zero attached hydrogens (tertiary/aromatic N) is 1. The molecule has 23 heavy (non-hydrogen) atoms. The lowest BCUT2D eigenvalue weighted by Crippen LogP contribution is -2.39. The average Bonchev–Trinajstić information content (AvgIpc) is 2.47. The molecule has 0 saturated heterocycles. The molecule has 0 aliphatic heterocycles. The van der Waals surface area contributed by atoms with E-state index in [1.807, 2.05) is 0 Å². The first-order chi connectivity index (χ1) is 10.9. The molecule has 0 atom stereocenters. The van der Waals surface area contributed by atoms with E-state index in [9.17, 15) is 9.59 Å². The Hall–Kier alpha value is -1.34. The maximum atomic E-state index is 12.0. The van der Waals surface area contributed by atoms with Gasteiger partial charge in [0.1, 0.15) is 0 Å². The summed E-state index contributed by atoms with van der Waals surface area (Å²) < 4.78 is 4.90. The van der Waals surface area contributed by atoms with Gasteiger partial charge in [0.25, 0.3) is 0 Å². The first kappa shape index (κ1) is 19.7. The van der Waals surface area contributed by atoms with E-state index in [0.29, 0.717) is 28.9 Å². The van der Waals surface area contributed by atoms with Gasteiger partial charge in [0, 0.05) is 25.3 Å². The molecule has 1 aromatic carbocycles. The number of ether oxygens (including phenoxy) is 1. The molecule has 0 radical (unpaired) electrons. The van der Waals surface area contributed by atoms with Gasteiger partial charge >= 0.3 is 0 Å². The standard InChI is InChI=1S/C15H21Cl2N3O3/c1-20(9-14(21)18-6-3-7-23-2)10-15(22)19-13-8-11(16)4-5-12(13)17/h4-5,8H,3,6-7,9-10H2,1-2H3,(H,18,21)(H,19,22). The minimum absolute atomic E-state index is 0.0638. The molecule has 128 valence electrons. The fraction of sp³-hybridized carbons (Fsp3) is 0.467. The second kappa shape index (κ2) is 10.4. The quantitative estimate of drug-likeness (QED) is 0.660. The second-order valence-corrected chi connectivity index (χ2v) is 5.88. The zero-order valence-corrected chi connectivity index (χ0v) is 14.7. The molecule has 0 unspecified atom stereocenters. The van der Waals surface area contributed by atoms with Crippen molar-refractivity contribution >= 4 is 40.7 Å². The van der Waals surface area contributed by atoms with Gasteiger partial charge in [0.05, 0.1) is 23.8 Å². The molecular weight excluding hydrogens is 341 g/mol. The van der Waals surface area contributed by atoms with Gasteiger partial charge in [-0.25, -0.2) is 0 Å². The summed E-state index contributed by atoms with van der Waals surface area (Å²) in [4.78, 5) is 25.3. The van der Waals surface area contributed by atoms with Crippen molar-refractivity contribution in [3.8, 4) is 0 Å². The molecule has 0 fully saturated rings. The van der Waals surface area contributed by atoms with Crippen molar-refractivity contribution in [1.82, 2.24) is 10.2 Å². The monoisotopic (exact) mass is 361 g/mol. The summed E-state index contributed by atoms with van der Waals surface area (Å²) >= 11 is 11.8. The van der Waals surface area contributed by atoms with Gasteiger partial charge in [-0.05, 0) is 31.7 Å². The Morgan fingerprint density at radius 2 is 1.91 bits per heavy atom. The van der Waals surface area contributed by atoms with Crippen molar-refractivity contribution in [2.75, 3.05) is 45.7 Å². The number of anilines is 1. The Kier molecular flexibility index (Phi) is 8.94. The zero-order valence-electron chi connectivity index (χ0n) is 13.2. The molecule has 2 amide bonds. The number of methoxy groups -OCH3 is 1. The Bertz CT molecular complexity index is 541. The van der Waals surface area contributed by atoms with Crippen LogP contribution in [0.15, 0.2) is 18.2 Å². The highest BCUT2D eigenvalue weighted by Gasteiger charge is 2.12. The summed E-state index contributed by atoms with van der Waals surface area (Å²) in [5, 5.41) is 6.31. The van der Waals surface area contributed by atoms with Gasteiger partial charge in [-0.1, -0.05) is 23.2 Å². The minimum atomic E-state index is -0.274. The molecule has 0 saturated carbocycles. The van der Waals surface area contributed by atoms with Gasteiger partial charge in [0.2, 0.25) is 11.8 Å². The van der Waals surface area contributed by atoms with Crippen LogP contribution < -0.4 is 10.6 Å². The highest BCUT2D eigenvalue weighted by Crippen LogP contribution is 2.25. The van der Waals surface area contributed by atoms with Crippen LogP contribution in [0.3, 0.4) is 0 Å². The third-order valence-electron chi connectivity index (χ3n) is 2.88. The van der Waals surface area contributed by atoms with E-state index in [-0.39, 0.29) is 24.9 Å². The number of rotatable bonds is 9. The van der Waals surface area contributed by atoms with Gasteiger partial charge in [0.15, 0.2) is 0 Å². The van der Waals surface area contributed by atoms with Crippen molar-refractivity contribution in [3.05, 3.63) is 28.2 Å². The van der Waals surface area contributed by atoms with E-state index in [1.165, 1.54) is 0 Å². The number of nitrogens with one attached hydrogen (secondary N) is 2. The largest absolute Gasteiger partial charge is 0.385 e. The van der Waals surface area contributed by atoms with Crippen molar-refractivity contribution in [1.29, 1.82) is 0 Å². The number of hydrogen-bond acceptors (Lipinski definition) is 4. The summed E-state index contributed by atoms with van der Waals surface area (Å²) in [6.07, 6.45) is 0.750. The summed E-state index contributed by atoms with van der Waals surface area (Å²) in [6, 6.07) is 4.82. The molecule has 0 spiro atoms. The van der Waals surface area contributed by atoms with Crippen LogP contribution in [-0.4, -0.2) is 57.1 Å². The first-order valence-corrected chi connectivity index (χ1v) is 7.87. The van der Waals surface area contributed by atoms with Gasteiger partial charge in [-0.15, -0.1) is 0 Å². The van der Waals surface area contributed by atoms with Gasteiger partial charge < -0.3 is 15.4 Å². The van der Waals surface area contributed by atoms with E-state index >= 15 is 0 Å². The van der Waals surface area contributed by atoms with Crippen molar-refractivity contribution < 1.29 is 14.3 Å². The number of carbonyl (C=O) groups is 2. The SMILES string of the molecule is COCCCNC(=O)CN(C)CC(=O)Nc1cc(Cl)ccc1Cl. The van der Waals surface area contributed by atoms with Crippen LogP contribution in [0.25, 0.3) is 0 Å². The predicted molar refractivity (Wildman–Crippen MR) is 92.1 cm³/mol. The lowest BCUT2D eigenvalue weighted by Gasteiger charge is -2.16. The average molecular weight is 362 g/mol. The van der Waals surface area contributed by atoms with Gasteiger partial charge in [-0.2, -0.15) is 0 Å². The Labute approximate surface area is 146 Å². The van der Waals surface area contributed by atoms with Crippen molar-refractivity contribution in [2.45, 2.75) is 6.42 Å². The third-order valence-corrected chi connectivity index (χ3v) is 3.44. The maximum absolute atomic E-state index is 12.0. The van der Waals surface area contributed by atoms with E-state index < -0.39 is 0 Å². The molecule has 6 nitrogen and oxygen atoms in total. The second-order valence-electron chi connectivity index (χ2n) is 5.04. The van der Waals surface area contributed by atoms with Gasteiger partial charge in [-0.3, -0.25) is 14.5 Å². The highest BCUT2D eigenvalue weighted by molar-refractivity contribution is 6.35. The van der Waals surface area contributed by atoms with Crippen LogP contribution >= 0.6 is 23.2 Å².